The van der Waals surface area contributed by atoms with Gasteiger partial charge >= 0.3 is 6.03 Å². The van der Waals surface area contributed by atoms with Gasteiger partial charge in [0.1, 0.15) is 12.6 Å². The zero-order chi connectivity index (χ0) is 24.0. The van der Waals surface area contributed by atoms with Crippen LogP contribution in [0.1, 0.15) is 0 Å². The zero-order valence-corrected chi connectivity index (χ0v) is 18.7. The number of nitrogens with zero attached hydrogens (tertiary/aromatic N) is 5. The van der Waals surface area contributed by atoms with Crippen molar-refractivity contribution in [3.8, 4) is 0 Å². The molecule has 4 aliphatic rings. The Balaban J connectivity index is 1.50. The third kappa shape index (κ3) is 2.43. The number of rotatable bonds is 4. The number of carbonyl (C=O) groups is 2. The number of piperazine rings is 2. The fraction of sp³-hybridized carbons (Fsp3) is 0.286. The number of nitrogens with one attached hydrogen (secondary N) is 1. The summed E-state index contributed by atoms with van der Waals surface area (Å²) >= 11 is 0. The van der Waals surface area contributed by atoms with E-state index in [9.17, 15) is 28.1 Å². The molecule has 12 nitrogen and oxygen atoms in total. The first kappa shape index (κ1) is 20.9. The van der Waals surface area contributed by atoms with Crippen molar-refractivity contribution >= 4 is 43.9 Å². The standard InChI is InChI=1S/C21H19N6O6S/c1-24-9-18(23-11-24)34(32,33)20-14-10-27(20)17(8-22-14)19(28)25(21(27)29)15-6-7-16(26(30)31)13-5-3-2-4-12(13)15/h2-7,9,11,14,17,20,22H,8,10H2,1H3/q+1. The van der Waals surface area contributed by atoms with E-state index >= 15 is 0 Å². The minimum Gasteiger partial charge on any atom is -0.339 e. The number of hydrogen-bond donors (Lipinski definition) is 1. The molecule has 1 aromatic heterocycles. The maximum Gasteiger partial charge on any atom is 0.432 e. The number of anilines is 1. The molecule has 0 saturated carbocycles. The first-order valence-electron chi connectivity index (χ1n) is 10.6. The van der Waals surface area contributed by atoms with Crippen LogP contribution in [0, 0.1) is 10.1 Å². The Hall–Kier alpha value is -3.68. The second-order valence-electron chi connectivity index (χ2n) is 8.82. The Morgan fingerprint density at radius 2 is 1.91 bits per heavy atom. The van der Waals surface area contributed by atoms with Gasteiger partial charge in [-0.25, -0.2) is 22.7 Å². The summed E-state index contributed by atoms with van der Waals surface area (Å²) in [5.74, 6) is -0.532. The predicted octanol–water partition coefficient (Wildman–Crippen LogP) is 0.919. The average molecular weight is 483 g/mol. The van der Waals surface area contributed by atoms with E-state index in [-0.39, 0.29) is 34.9 Å². The van der Waals surface area contributed by atoms with E-state index in [4.69, 9.17) is 0 Å². The van der Waals surface area contributed by atoms with E-state index in [1.807, 2.05) is 0 Å². The Morgan fingerprint density at radius 1 is 1.18 bits per heavy atom. The van der Waals surface area contributed by atoms with Crippen LogP contribution in [0.15, 0.2) is 53.9 Å². The highest BCUT2D eigenvalue weighted by atomic mass is 32.2. The molecule has 0 radical (unpaired) electrons. The smallest absolute Gasteiger partial charge is 0.339 e. The third-order valence-corrected chi connectivity index (χ3v) is 9.22. The predicted molar refractivity (Wildman–Crippen MR) is 118 cm³/mol. The number of benzene rings is 2. The first-order chi connectivity index (χ1) is 16.2. The molecule has 5 heterocycles. The van der Waals surface area contributed by atoms with Crippen molar-refractivity contribution in [2.75, 3.05) is 18.0 Å². The number of imide groups is 1. The van der Waals surface area contributed by atoms with Crippen LogP contribution < -0.4 is 10.2 Å². The van der Waals surface area contributed by atoms with Crippen molar-refractivity contribution in [1.82, 2.24) is 14.9 Å². The second kappa shape index (κ2) is 6.68. The molecule has 34 heavy (non-hydrogen) atoms. The van der Waals surface area contributed by atoms with Crippen molar-refractivity contribution in [2.45, 2.75) is 22.5 Å². The van der Waals surface area contributed by atoms with Crippen LogP contribution in [0.4, 0.5) is 16.2 Å². The van der Waals surface area contributed by atoms with Crippen LogP contribution in [0.5, 0.6) is 0 Å². The number of fused-ring (bicyclic) bond motifs is 2. The maximum atomic E-state index is 13.9. The van der Waals surface area contributed by atoms with Crippen LogP contribution >= 0.6 is 0 Å². The van der Waals surface area contributed by atoms with Gasteiger partial charge in [0.15, 0.2) is 11.1 Å². The number of quaternary nitrogens is 1. The average Bonchev–Trinajstić information content (AvgIpc) is 3.34. The van der Waals surface area contributed by atoms with E-state index in [1.165, 1.54) is 29.2 Å². The van der Waals surface area contributed by atoms with Gasteiger partial charge in [-0.05, 0) is 12.1 Å². The molecular weight excluding hydrogens is 464 g/mol. The molecule has 3 aromatic rings. The fourth-order valence-corrected chi connectivity index (χ4v) is 7.79. The van der Waals surface area contributed by atoms with Crippen LogP contribution in [0.2, 0.25) is 0 Å². The molecule has 1 N–H and O–H groups in total. The fourth-order valence-electron chi connectivity index (χ4n) is 5.60. The molecule has 2 aromatic carbocycles. The highest BCUT2D eigenvalue weighted by Gasteiger charge is 2.78. The lowest BCUT2D eigenvalue weighted by atomic mass is 9.95. The quantitative estimate of drug-likeness (QED) is 0.250. The summed E-state index contributed by atoms with van der Waals surface area (Å²) in [6.45, 7) is 0.318. The number of nitro benzene ring substituents is 1. The number of urea groups is 1. The van der Waals surface area contributed by atoms with Gasteiger partial charge in [-0.3, -0.25) is 20.2 Å². The van der Waals surface area contributed by atoms with Crippen LogP contribution in [-0.4, -0.2) is 69.9 Å². The van der Waals surface area contributed by atoms with Gasteiger partial charge in [0.05, 0.1) is 28.9 Å². The largest absolute Gasteiger partial charge is 0.432 e. The Labute approximate surface area is 193 Å². The summed E-state index contributed by atoms with van der Waals surface area (Å²) < 4.78 is 28.0. The summed E-state index contributed by atoms with van der Waals surface area (Å²) in [4.78, 5) is 43.4. The van der Waals surface area contributed by atoms with E-state index in [0.29, 0.717) is 5.39 Å². The van der Waals surface area contributed by atoms with Gasteiger partial charge in [-0.2, -0.15) is 4.90 Å². The summed E-state index contributed by atoms with van der Waals surface area (Å²) in [5, 5.41) is 13.9. The van der Waals surface area contributed by atoms with Crippen molar-refractivity contribution < 1.29 is 27.4 Å². The molecule has 3 amide bonds. The van der Waals surface area contributed by atoms with Crippen LogP contribution in [-0.2, 0) is 21.7 Å². The molecule has 4 atom stereocenters. The number of amides is 3. The van der Waals surface area contributed by atoms with Crippen LogP contribution in [0.25, 0.3) is 10.8 Å². The molecular formula is C21H19N6O6S+. The van der Waals surface area contributed by atoms with E-state index in [0.717, 1.165) is 4.90 Å². The molecule has 0 aliphatic carbocycles. The molecule has 4 aliphatic heterocycles. The van der Waals surface area contributed by atoms with Gasteiger partial charge in [0, 0.05) is 24.7 Å². The van der Waals surface area contributed by atoms with Gasteiger partial charge in [-0.15, -0.1) is 0 Å². The molecule has 4 unspecified atom stereocenters. The number of hydrogen-bond acceptors (Lipinski definition) is 8. The SMILES string of the molecule is Cn1cnc(S(=O)(=O)C2C3C[N+]24C(=O)N(c2ccc([N+](=O)[O-])c5ccccc25)C(=O)C4CN3)c1. The number of non-ortho nitro benzene ring substituents is 1. The van der Waals surface area contributed by atoms with Crippen molar-refractivity contribution in [3.05, 3.63) is 59.0 Å². The molecule has 4 saturated heterocycles. The summed E-state index contributed by atoms with van der Waals surface area (Å²) in [5.41, 5.74) is 0.0556. The number of nitro groups is 1. The highest BCUT2D eigenvalue weighted by molar-refractivity contribution is 7.91. The Kier molecular flexibility index (Phi) is 4.11. The lowest BCUT2D eigenvalue weighted by Crippen LogP contribution is -2.87. The van der Waals surface area contributed by atoms with E-state index in [2.05, 4.69) is 10.3 Å². The monoisotopic (exact) mass is 483 g/mol. The minimum absolute atomic E-state index is 0.149. The Morgan fingerprint density at radius 3 is 2.59 bits per heavy atom. The third-order valence-electron chi connectivity index (χ3n) is 7.09. The maximum absolute atomic E-state index is 13.9. The molecule has 1 spiro atoms. The Bertz CT molecular complexity index is 1530. The topological polar surface area (TPSA) is 145 Å². The molecule has 4 fully saturated rings. The number of aromatic nitrogens is 2. The van der Waals surface area contributed by atoms with Gasteiger partial charge in [-0.1, -0.05) is 18.2 Å². The lowest BCUT2D eigenvalue weighted by molar-refractivity contribution is -0.921. The lowest BCUT2D eigenvalue weighted by Gasteiger charge is -2.56. The van der Waals surface area contributed by atoms with Gasteiger partial charge in [0.2, 0.25) is 5.37 Å². The van der Waals surface area contributed by atoms with Crippen LogP contribution in [0.3, 0.4) is 0 Å². The van der Waals surface area contributed by atoms with Crippen molar-refractivity contribution in [3.63, 3.8) is 0 Å². The number of carbonyl (C=O) groups excluding carboxylic acids is 2. The molecule has 13 heteroatoms. The van der Waals surface area contributed by atoms with E-state index < -0.39 is 48.6 Å². The number of imidazole rings is 1. The molecule has 7 rings (SSSR count). The van der Waals surface area contributed by atoms with Gasteiger partial charge < -0.3 is 4.57 Å². The summed E-state index contributed by atoms with van der Waals surface area (Å²) in [6.07, 6.45) is 2.75. The molecule has 2 bridgehead atoms. The summed E-state index contributed by atoms with van der Waals surface area (Å²) in [6, 6.07) is 7.04. The number of sulfone groups is 1. The first-order valence-corrected chi connectivity index (χ1v) is 12.1. The highest BCUT2D eigenvalue weighted by Crippen LogP contribution is 2.48. The minimum atomic E-state index is -4.04. The zero-order valence-electron chi connectivity index (χ0n) is 17.9. The van der Waals surface area contributed by atoms with Crippen molar-refractivity contribution in [2.24, 2.45) is 7.05 Å². The molecule has 174 valence electrons. The second-order valence-corrected chi connectivity index (χ2v) is 10.8. The number of aryl methyl sites for hydroxylation is 1. The van der Waals surface area contributed by atoms with E-state index in [1.54, 1.807) is 31.3 Å². The normalized spacial score (nSPS) is 28.1. The van der Waals surface area contributed by atoms with Crippen molar-refractivity contribution in [1.29, 1.82) is 0 Å². The van der Waals surface area contributed by atoms with Gasteiger partial charge in [0.25, 0.3) is 21.4 Å². The summed E-state index contributed by atoms with van der Waals surface area (Å²) in [7, 11) is -2.39.